The minimum atomic E-state index is 0.00232. The molecule has 2 aromatic rings. The Hall–Kier alpha value is -1.88. The van der Waals surface area contributed by atoms with Crippen LogP contribution in [-0.2, 0) is 11.8 Å². The van der Waals surface area contributed by atoms with Gasteiger partial charge in [-0.1, -0.05) is 20.8 Å². The molecule has 21 heavy (non-hydrogen) atoms. The number of nitrogen functional groups attached to an aromatic ring is 1. The Morgan fingerprint density at radius 3 is 2.62 bits per heavy atom. The van der Waals surface area contributed by atoms with Gasteiger partial charge in [0.05, 0.1) is 24.9 Å². The van der Waals surface area contributed by atoms with E-state index in [4.69, 9.17) is 10.5 Å². The van der Waals surface area contributed by atoms with E-state index in [1.54, 1.807) is 25.3 Å². The number of hydrogen-bond acceptors (Lipinski definition) is 5. The third kappa shape index (κ3) is 3.61. The Morgan fingerprint density at radius 2 is 2.10 bits per heavy atom. The summed E-state index contributed by atoms with van der Waals surface area (Å²) < 4.78 is 5.09. The van der Waals surface area contributed by atoms with Crippen molar-refractivity contribution in [1.82, 2.24) is 4.98 Å². The zero-order chi connectivity index (χ0) is 15.6. The van der Waals surface area contributed by atoms with Gasteiger partial charge in [0.15, 0.2) is 5.78 Å². The van der Waals surface area contributed by atoms with Crippen LogP contribution in [0.1, 0.15) is 41.8 Å². The van der Waals surface area contributed by atoms with Crippen molar-refractivity contribution in [2.45, 2.75) is 32.6 Å². The minimum absolute atomic E-state index is 0.00232. The first-order valence-electron chi connectivity index (χ1n) is 6.73. The molecular formula is C16H20N2O2S. The molecule has 0 aliphatic carbocycles. The van der Waals surface area contributed by atoms with Gasteiger partial charge in [0.2, 0.25) is 0 Å². The van der Waals surface area contributed by atoms with Crippen LogP contribution < -0.4 is 10.5 Å². The van der Waals surface area contributed by atoms with Gasteiger partial charge in [0.1, 0.15) is 10.8 Å². The number of ether oxygens (including phenoxy) is 1. The maximum Gasteiger partial charge on any atom is 0.169 e. The molecule has 1 heterocycles. The fraction of sp³-hybridized carbons (Fsp3) is 0.375. The van der Waals surface area contributed by atoms with E-state index in [9.17, 15) is 4.79 Å². The van der Waals surface area contributed by atoms with Crippen molar-refractivity contribution in [2.24, 2.45) is 0 Å². The molecular weight excluding hydrogens is 284 g/mol. The highest BCUT2D eigenvalue weighted by Gasteiger charge is 2.19. The number of thiazole rings is 1. The highest BCUT2D eigenvalue weighted by Crippen LogP contribution is 2.26. The second kappa shape index (κ2) is 5.85. The fourth-order valence-electron chi connectivity index (χ4n) is 1.88. The van der Waals surface area contributed by atoms with E-state index in [0.717, 1.165) is 10.7 Å². The average Bonchev–Trinajstić information content (AvgIpc) is 2.87. The van der Waals surface area contributed by atoms with E-state index in [1.165, 1.54) is 11.3 Å². The van der Waals surface area contributed by atoms with Crippen molar-refractivity contribution in [3.05, 3.63) is 39.8 Å². The van der Waals surface area contributed by atoms with Crippen molar-refractivity contribution in [1.29, 1.82) is 0 Å². The van der Waals surface area contributed by atoms with Gasteiger partial charge < -0.3 is 10.5 Å². The Morgan fingerprint density at radius 1 is 1.38 bits per heavy atom. The topological polar surface area (TPSA) is 65.2 Å². The largest absolute Gasteiger partial charge is 0.495 e. The lowest BCUT2D eigenvalue weighted by atomic mass is 9.93. The number of rotatable bonds is 4. The molecule has 0 atom stereocenters. The summed E-state index contributed by atoms with van der Waals surface area (Å²) in [7, 11) is 1.55. The molecule has 2 N–H and O–H groups in total. The van der Waals surface area contributed by atoms with E-state index in [2.05, 4.69) is 25.8 Å². The number of hydrogen-bond donors (Lipinski definition) is 1. The van der Waals surface area contributed by atoms with Crippen LogP contribution in [0, 0.1) is 0 Å². The van der Waals surface area contributed by atoms with Crippen LogP contribution in [0.5, 0.6) is 5.75 Å². The average molecular weight is 304 g/mol. The number of carbonyl (C=O) groups excluding carboxylic acids is 1. The summed E-state index contributed by atoms with van der Waals surface area (Å²) in [6.07, 6.45) is 0.298. The molecule has 5 heteroatoms. The zero-order valence-electron chi connectivity index (χ0n) is 12.8. The number of nitrogens with zero attached hydrogens (tertiary/aromatic N) is 1. The Bertz CT molecular complexity index is 657. The molecule has 112 valence electrons. The Labute approximate surface area is 129 Å². The smallest absolute Gasteiger partial charge is 0.169 e. The summed E-state index contributed by atoms with van der Waals surface area (Å²) in [5.41, 5.74) is 7.91. The van der Waals surface area contributed by atoms with Gasteiger partial charge in [0, 0.05) is 16.4 Å². The fourth-order valence-corrected chi connectivity index (χ4v) is 2.90. The lowest BCUT2D eigenvalue weighted by Gasteiger charge is -2.14. The molecule has 0 bridgehead atoms. The number of ketones is 1. The summed E-state index contributed by atoms with van der Waals surface area (Å²) >= 11 is 1.52. The number of anilines is 1. The van der Waals surface area contributed by atoms with Crippen molar-refractivity contribution in [3.63, 3.8) is 0 Å². The number of carbonyl (C=O) groups is 1. The number of benzene rings is 1. The second-order valence-electron chi connectivity index (χ2n) is 5.93. The third-order valence-electron chi connectivity index (χ3n) is 3.18. The minimum Gasteiger partial charge on any atom is -0.495 e. The van der Waals surface area contributed by atoms with E-state index >= 15 is 0 Å². The SMILES string of the molecule is COc1ccc(C(=O)Cc2nc(C(C)(C)C)cs2)cc1N. The highest BCUT2D eigenvalue weighted by atomic mass is 32.1. The van der Waals surface area contributed by atoms with E-state index in [0.29, 0.717) is 23.4 Å². The van der Waals surface area contributed by atoms with E-state index in [1.807, 2.05) is 5.38 Å². The number of methoxy groups -OCH3 is 1. The predicted octanol–water partition coefficient (Wildman–Crippen LogP) is 3.46. The van der Waals surface area contributed by atoms with Gasteiger partial charge in [-0.05, 0) is 18.2 Å². The molecule has 0 aliphatic heterocycles. The van der Waals surface area contributed by atoms with Crippen molar-refractivity contribution < 1.29 is 9.53 Å². The molecule has 2 rings (SSSR count). The Kier molecular flexibility index (Phi) is 4.32. The van der Waals surface area contributed by atoms with E-state index < -0.39 is 0 Å². The summed E-state index contributed by atoms with van der Waals surface area (Å²) in [4.78, 5) is 16.8. The standard InChI is InChI=1S/C16H20N2O2S/c1-16(2,3)14-9-21-15(18-14)8-12(19)10-5-6-13(20-4)11(17)7-10/h5-7,9H,8,17H2,1-4H3. The van der Waals surface area contributed by atoms with Crippen LogP contribution in [0.2, 0.25) is 0 Å². The van der Waals surface area contributed by atoms with Gasteiger partial charge >= 0.3 is 0 Å². The van der Waals surface area contributed by atoms with Crippen molar-refractivity contribution in [2.75, 3.05) is 12.8 Å². The first-order chi connectivity index (χ1) is 9.81. The van der Waals surface area contributed by atoms with E-state index in [-0.39, 0.29) is 11.2 Å². The van der Waals surface area contributed by atoms with Crippen LogP contribution in [0.25, 0.3) is 0 Å². The number of Topliss-reactive ketones (excluding diaryl/α,β-unsaturated/α-hetero) is 1. The zero-order valence-corrected chi connectivity index (χ0v) is 13.6. The predicted molar refractivity (Wildman–Crippen MR) is 86.3 cm³/mol. The van der Waals surface area contributed by atoms with Gasteiger partial charge in [0.25, 0.3) is 0 Å². The quantitative estimate of drug-likeness (QED) is 0.694. The number of aromatic nitrogens is 1. The molecule has 4 nitrogen and oxygen atoms in total. The normalized spacial score (nSPS) is 11.4. The first-order valence-corrected chi connectivity index (χ1v) is 7.61. The summed E-state index contributed by atoms with van der Waals surface area (Å²) in [6.45, 7) is 6.33. The highest BCUT2D eigenvalue weighted by molar-refractivity contribution is 7.09. The van der Waals surface area contributed by atoms with Crippen LogP contribution in [-0.4, -0.2) is 17.9 Å². The summed E-state index contributed by atoms with van der Waals surface area (Å²) in [5, 5.41) is 2.85. The van der Waals surface area contributed by atoms with Crippen LogP contribution in [0.15, 0.2) is 23.6 Å². The van der Waals surface area contributed by atoms with Crippen molar-refractivity contribution >= 4 is 22.8 Å². The molecule has 0 aliphatic rings. The molecule has 0 spiro atoms. The second-order valence-corrected chi connectivity index (χ2v) is 6.88. The van der Waals surface area contributed by atoms with Crippen LogP contribution in [0.4, 0.5) is 5.69 Å². The molecule has 1 aromatic carbocycles. The van der Waals surface area contributed by atoms with Gasteiger partial charge in [-0.15, -0.1) is 11.3 Å². The summed E-state index contributed by atoms with van der Waals surface area (Å²) in [5.74, 6) is 0.593. The van der Waals surface area contributed by atoms with Crippen LogP contribution >= 0.6 is 11.3 Å². The van der Waals surface area contributed by atoms with Gasteiger partial charge in [-0.2, -0.15) is 0 Å². The monoisotopic (exact) mass is 304 g/mol. The van der Waals surface area contributed by atoms with Gasteiger partial charge in [-0.3, -0.25) is 4.79 Å². The molecule has 0 saturated heterocycles. The first kappa shape index (κ1) is 15.5. The van der Waals surface area contributed by atoms with Crippen molar-refractivity contribution in [3.8, 4) is 5.75 Å². The van der Waals surface area contributed by atoms with Gasteiger partial charge in [-0.25, -0.2) is 4.98 Å². The molecule has 0 saturated carbocycles. The molecule has 0 unspecified atom stereocenters. The lowest BCUT2D eigenvalue weighted by Crippen LogP contribution is -2.12. The molecule has 0 fully saturated rings. The Balaban J connectivity index is 2.14. The maximum atomic E-state index is 12.3. The number of nitrogens with two attached hydrogens (primary N) is 1. The molecule has 0 radical (unpaired) electrons. The lowest BCUT2D eigenvalue weighted by molar-refractivity contribution is 0.0993. The third-order valence-corrected chi connectivity index (χ3v) is 4.03. The summed E-state index contributed by atoms with van der Waals surface area (Å²) in [6, 6.07) is 5.10. The van der Waals surface area contributed by atoms with Crippen LogP contribution in [0.3, 0.4) is 0 Å². The maximum absolute atomic E-state index is 12.3. The molecule has 0 amide bonds. The molecule has 1 aromatic heterocycles.